The molecule has 70 valence electrons. The molecule has 1 fully saturated rings. The quantitative estimate of drug-likeness (QED) is 0.521. The number of unbranched alkanes of at least 4 members (excludes halogenated alkanes) is 1. The SMILES string of the molecule is CC.CC1CCC1.CCCC. The smallest absolute Gasteiger partial charge is 0.0443 e. The lowest BCUT2D eigenvalue weighted by atomic mass is 9.88. The Labute approximate surface area is 73.4 Å². The van der Waals surface area contributed by atoms with E-state index in [2.05, 4.69) is 20.8 Å². The second-order valence-electron chi connectivity index (χ2n) is 3.04. The molecule has 0 aromatic carbocycles. The minimum absolute atomic E-state index is 1.06. The molecule has 11 heavy (non-hydrogen) atoms. The molecule has 0 bridgehead atoms. The van der Waals surface area contributed by atoms with Gasteiger partial charge in [0.25, 0.3) is 0 Å². The van der Waals surface area contributed by atoms with Crippen LogP contribution in [0, 0.1) is 5.92 Å². The lowest BCUT2D eigenvalue weighted by Crippen LogP contribution is -2.04. The predicted octanol–water partition coefficient (Wildman–Crippen LogP) is 4.64. The topological polar surface area (TPSA) is 0 Å². The molecular weight excluding hydrogens is 132 g/mol. The Hall–Kier alpha value is 0. The molecule has 0 aromatic rings. The second-order valence-corrected chi connectivity index (χ2v) is 3.04. The van der Waals surface area contributed by atoms with Crippen LogP contribution in [0.2, 0.25) is 0 Å². The van der Waals surface area contributed by atoms with Crippen LogP contribution in [0.25, 0.3) is 0 Å². The molecule has 0 unspecified atom stereocenters. The minimum Gasteiger partial charge on any atom is -0.0683 e. The van der Waals surface area contributed by atoms with E-state index in [1.54, 1.807) is 0 Å². The maximum atomic E-state index is 2.31. The molecule has 0 aromatic heterocycles. The summed E-state index contributed by atoms with van der Waals surface area (Å²) in [5.41, 5.74) is 0. The summed E-state index contributed by atoms with van der Waals surface area (Å²) in [5.74, 6) is 1.06. The van der Waals surface area contributed by atoms with Crippen molar-refractivity contribution in [3.8, 4) is 0 Å². The van der Waals surface area contributed by atoms with Crippen molar-refractivity contribution in [2.45, 2.75) is 66.7 Å². The van der Waals surface area contributed by atoms with Gasteiger partial charge in [-0.1, -0.05) is 66.7 Å². The van der Waals surface area contributed by atoms with Crippen LogP contribution < -0.4 is 0 Å². The zero-order valence-electron chi connectivity index (χ0n) is 9.11. The third-order valence-corrected chi connectivity index (χ3v) is 1.89. The normalized spacial score (nSPS) is 15.0. The van der Waals surface area contributed by atoms with Crippen LogP contribution in [0.15, 0.2) is 0 Å². The molecule has 0 aliphatic heterocycles. The first-order chi connectivity index (χ1) is 5.31. The number of rotatable bonds is 1. The van der Waals surface area contributed by atoms with Crippen molar-refractivity contribution >= 4 is 0 Å². The Morgan fingerprint density at radius 1 is 1.00 bits per heavy atom. The Balaban J connectivity index is 0. The van der Waals surface area contributed by atoms with Gasteiger partial charge in [-0.05, 0) is 5.92 Å². The predicted molar refractivity (Wildman–Crippen MR) is 54.9 cm³/mol. The van der Waals surface area contributed by atoms with E-state index < -0.39 is 0 Å². The Morgan fingerprint density at radius 3 is 1.27 bits per heavy atom. The fraction of sp³-hybridized carbons (Fsp3) is 1.00. The van der Waals surface area contributed by atoms with E-state index in [-0.39, 0.29) is 0 Å². The second kappa shape index (κ2) is 12.7. The summed E-state index contributed by atoms with van der Waals surface area (Å²) in [5, 5.41) is 0. The Bertz CT molecular complexity index is 42.0. The van der Waals surface area contributed by atoms with E-state index in [9.17, 15) is 0 Å². The van der Waals surface area contributed by atoms with Crippen LogP contribution in [0.5, 0.6) is 0 Å². The molecule has 1 rings (SSSR count). The summed E-state index contributed by atoms with van der Waals surface area (Å²) >= 11 is 0. The van der Waals surface area contributed by atoms with Gasteiger partial charge >= 0.3 is 0 Å². The average Bonchev–Trinajstić information content (AvgIpc) is 2.05. The zero-order valence-corrected chi connectivity index (χ0v) is 9.11. The Kier molecular flexibility index (Phi) is 15.6. The number of hydrogen-bond acceptors (Lipinski definition) is 0. The van der Waals surface area contributed by atoms with E-state index in [1.165, 1.54) is 32.1 Å². The molecule has 1 aliphatic carbocycles. The van der Waals surface area contributed by atoms with Crippen molar-refractivity contribution in [2.24, 2.45) is 5.92 Å². The minimum atomic E-state index is 1.06. The first-order valence-corrected chi connectivity index (χ1v) is 5.31. The largest absolute Gasteiger partial charge is 0.0683 e. The fourth-order valence-electron chi connectivity index (χ4n) is 0.612. The number of hydrogen-bond donors (Lipinski definition) is 0. The highest BCUT2D eigenvalue weighted by Crippen LogP contribution is 2.24. The van der Waals surface area contributed by atoms with Gasteiger partial charge in [-0.2, -0.15) is 0 Å². The van der Waals surface area contributed by atoms with E-state index in [0.29, 0.717) is 0 Å². The zero-order chi connectivity index (χ0) is 9.11. The molecule has 0 heteroatoms. The van der Waals surface area contributed by atoms with Gasteiger partial charge in [-0.3, -0.25) is 0 Å². The summed E-state index contributed by atoms with van der Waals surface area (Å²) in [6.07, 6.45) is 7.10. The van der Waals surface area contributed by atoms with Gasteiger partial charge in [-0.15, -0.1) is 0 Å². The van der Waals surface area contributed by atoms with Crippen molar-refractivity contribution < 1.29 is 0 Å². The monoisotopic (exact) mass is 158 g/mol. The standard InChI is InChI=1S/C5H10.C4H10.C2H6/c1-5-3-2-4-5;1-3-4-2;1-2/h5H,2-4H2,1H3;3-4H2,1-2H3;1-2H3. The van der Waals surface area contributed by atoms with Gasteiger partial charge in [0.2, 0.25) is 0 Å². The summed E-state index contributed by atoms with van der Waals surface area (Å²) in [7, 11) is 0. The molecule has 0 radical (unpaired) electrons. The molecule has 0 atom stereocenters. The van der Waals surface area contributed by atoms with Gasteiger partial charge in [0.05, 0.1) is 0 Å². The highest BCUT2D eigenvalue weighted by Gasteiger charge is 2.09. The fourth-order valence-corrected chi connectivity index (χ4v) is 0.612. The van der Waals surface area contributed by atoms with E-state index in [4.69, 9.17) is 0 Å². The van der Waals surface area contributed by atoms with Crippen molar-refractivity contribution in [3.63, 3.8) is 0 Å². The molecule has 0 spiro atoms. The summed E-state index contributed by atoms with van der Waals surface area (Å²) in [6.45, 7) is 10.7. The van der Waals surface area contributed by atoms with E-state index in [0.717, 1.165) is 5.92 Å². The maximum absolute atomic E-state index is 2.31. The molecule has 0 amide bonds. The average molecular weight is 158 g/mol. The van der Waals surface area contributed by atoms with Gasteiger partial charge in [0.15, 0.2) is 0 Å². The van der Waals surface area contributed by atoms with Gasteiger partial charge < -0.3 is 0 Å². The molecule has 0 heterocycles. The summed E-state index contributed by atoms with van der Waals surface area (Å²) in [4.78, 5) is 0. The van der Waals surface area contributed by atoms with Crippen molar-refractivity contribution in [2.75, 3.05) is 0 Å². The lowest BCUT2D eigenvalue weighted by molar-refractivity contribution is 0.346. The van der Waals surface area contributed by atoms with Crippen molar-refractivity contribution in [1.82, 2.24) is 0 Å². The molecule has 0 N–H and O–H groups in total. The highest BCUT2D eigenvalue weighted by atomic mass is 14.1. The van der Waals surface area contributed by atoms with Crippen LogP contribution >= 0.6 is 0 Å². The van der Waals surface area contributed by atoms with Crippen LogP contribution in [-0.2, 0) is 0 Å². The van der Waals surface area contributed by atoms with Crippen LogP contribution in [-0.4, -0.2) is 0 Å². The first kappa shape index (κ1) is 13.6. The van der Waals surface area contributed by atoms with E-state index >= 15 is 0 Å². The van der Waals surface area contributed by atoms with Crippen LogP contribution in [0.4, 0.5) is 0 Å². The van der Waals surface area contributed by atoms with Crippen LogP contribution in [0.3, 0.4) is 0 Å². The molecular formula is C11H26. The maximum Gasteiger partial charge on any atom is -0.0443 e. The van der Waals surface area contributed by atoms with Crippen molar-refractivity contribution in [3.05, 3.63) is 0 Å². The van der Waals surface area contributed by atoms with Gasteiger partial charge in [0.1, 0.15) is 0 Å². The molecule has 0 nitrogen and oxygen atoms in total. The third-order valence-electron chi connectivity index (χ3n) is 1.89. The van der Waals surface area contributed by atoms with E-state index in [1.807, 2.05) is 13.8 Å². The van der Waals surface area contributed by atoms with Gasteiger partial charge in [0, 0.05) is 0 Å². The molecule has 1 saturated carbocycles. The van der Waals surface area contributed by atoms with Crippen molar-refractivity contribution in [1.29, 1.82) is 0 Å². The van der Waals surface area contributed by atoms with Gasteiger partial charge in [-0.25, -0.2) is 0 Å². The first-order valence-electron chi connectivity index (χ1n) is 5.31. The highest BCUT2D eigenvalue weighted by molar-refractivity contribution is 4.62. The summed E-state index contributed by atoms with van der Waals surface area (Å²) < 4.78 is 0. The van der Waals surface area contributed by atoms with Crippen LogP contribution in [0.1, 0.15) is 66.7 Å². The Morgan fingerprint density at radius 2 is 1.27 bits per heavy atom. The third kappa shape index (κ3) is 13.1. The lowest BCUT2D eigenvalue weighted by Gasteiger charge is -2.18. The molecule has 1 aliphatic rings. The molecule has 0 saturated heterocycles. The summed E-state index contributed by atoms with van der Waals surface area (Å²) in [6, 6.07) is 0.